The van der Waals surface area contributed by atoms with E-state index in [9.17, 15) is 9.18 Å². The van der Waals surface area contributed by atoms with E-state index in [2.05, 4.69) is 4.98 Å². The van der Waals surface area contributed by atoms with Gasteiger partial charge in [0.1, 0.15) is 11.5 Å². The van der Waals surface area contributed by atoms with E-state index in [-0.39, 0.29) is 11.6 Å². The highest BCUT2D eigenvalue weighted by atomic mass is 19.1. The van der Waals surface area contributed by atoms with Crippen LogP contribution >= 0.6 is 0 Å². The third kappa shape index (κ3) is 2.16. The van der Waals surface area contributed by atoms with Gasteiger partial charge in [0.25, 0.3) is 0 Å². The molecule has 3 rings (SSSR count). The molecule has 0 fully saturated rings. The molecule has 1 heterocycles. The molecule has 0 spiro atoms. The van der Waals surface area contributed by atoms with Gasteiger partial charge in [-0.25, -0.2) is 4.39 Å². The van der Waals surface area contributed by atoms with Gasteiger partial charge in [-0.1, -0.05) is 12.1 Å². The number of pyridine rings is 1. The van der Waals surface area contributed by atoms with Crippen molar-refractivity contribution < 1.29 is 9.18 Å². The molecule has 0 amide bonds. The van der Waals surface area contributed by atoms with E-state index in [1.54, 1.807) is 12.3 Å². The zero-order chi connectivity index (χ0) is 13.4. The largest absolute Gasteiger partial charge is 0.287 e. The number of hydrogen-bond donors (Lipinski definition) is 0. The van der Waals surface area contributed by atoms with Crippen LogP contribution in [0.25, 0.3) is 0 Å². The molecule has 0 bridgehead atoms. The van der Waals surface area contributed by atoms with Gasteiger partial charge in [-0.05, 0) is 55.0 Å². The number of benzene rings is 1. The zero-order valence-corrected chi connectivity index (χ0v) is 10.7. The molecule has 1 aromatic heterocycles. The molecule has 0 unspecified atom stereocenters. The molecule has 3 heteroatoms. The van der Waals surface area contributed by atoms with Crippen LogP contribution in [-0.2, 0) is 12.8 Å². The van der Waals surface area contributed by atoms with Crippen LogP contribution in [0.4, 0.5) is 4.39 Å². The summed E-state index contributed by atoms with van der Waals surface area (Å²) < 4.78 is 13.4. The Morgan fingerprint density at radius 1 is 1.16 bits per heavy atom. The van der Waals surface area contributed by atoms with Crippen molar-refractivity contribution in [1.29, 1.82) is 0 Å². The molecule has 1 aliphatic rings. The average Bonchev–Trinajstić information content (AvgIpc) is 2.38. The lowest BCUT2D eigenvalue weighted by Crippen LogP contribution is -2.14. The first-order valence-corrected chi connectivity index (χ1v) is 6.44. The summed E-state index contributed by atoms with van der Waals surface area (Å²) in [5.74, 6) is -0.537. The first-order valence-electron chi connectivity index (χ1n) is 6.44. The van der Waals surface area contributed by atoms with Gasteiger partial charge in [0.05, 0.1) is 0 Å². The summed E-state index contributed by atoms with van der Waals surface area (Å²) >= 11 is 0. The van der Waals surface area contributed by atoms with E-state index in [1.165, 1.54) is 12.1 Å². The van der Waals surface area contributed by atoms with Crippen molar-refractivity contribution >= 4 is 5.78 Å². The summed E-state index contributed by atoms with van der Waals surface area (Å²) in [5.41, 5.74) is 3.86. The summed E-state index contributed by atoms with van der Waals surface area (Å²) in [4.78, 5) is 16.8. The quantitative estimate of drug-likeness (QED) is 0.723. The van der Waals surface area contributed by atoms with E-state index < -0.39 is 0 Å². The Hall–Kier alpha value is -2.03. The van der Waals surface area contributed by atoms with E-state index in [1.807, 2.05) is 13.0 Å². The normalized spacial score (nSPS) is 14.3. The van der Waals surface area contributed by atoms with Gasteiger partial charge in [-0.3, -0.25) is 9.78 Å². The molecule has 0 saturated heterocycles. The van der Waals surface area contributed by atoms with Crippen LogP contribution < -0.4 is 0 Å². The summed E-state index contributed by atoms with van der Waals surface area (Å²) in [6, 6.07) is 6.46. The van der Waals surface area contributed by atoms with E-state index in [4.69, 9.17) is 0 Å². The van der Waals surface area contributed by atoms with Crippen molar-refractivity contribution in [3.63, 3.8) is 0 Å². The first-order chi connectivity index (χ1) is 9.15. The number of halogens is 1. The van der Waals surface area contributed by atoms with Crippen molar-refractivity contribution in [2.24, 2.45) is 0 Å². The Kier molecular flexibility index (Phi) is 2.90. The van der Waals surface area contributed by atoms with Crippen molar-refractivity contribution in [2.45, 2.75) is 26.2 Å². The van der Waals surface area contributed by atoms with Crippen LogP contribution in [0.5, 0.6) is 0 Å². The molecule has 0 N–H and O–H groups in total. The molecule has 0 atom stereocenters. The highest BCUT2D eigenvalue weighted by Crippen LogP contribution is 2.23. The lowest BCUT2D eigenvalue weighted by atomic mass is 9.90. The van der Waals surface area contributed by atoms with E-state index in [0.29, 0.717) is 11.3 Å². The minimum Gasteiger partial charge on any atom is -0.287 e. The van der Waals surface area contributed by atoms with Crippen LogP contribution in [0.15, 0.2) is 30.5 Å². The van der Waals surface area contributed by atoms with Crippen LogP contribution in [0, 0.1) is 12.7 Å². The minimum atomic E-state index is -0.374. The number of ketones is 1. The van der Waals surface area contributed by atoms with Crippen LogP contribution in [0.3, 0.4) is 0 Å². The second-order valence-electron chi connectivity index (χ2n) is 5.00. The topological polar surface area (TPSA) is 30.0 Å². The SMILES string of the molecule is Cc1cnc2c(c1)CCCc1ccc(F)cc1C2=O. The molecule has 96 valence electrons. The number of aryl methyl sites for hydroxylation is 3. The monoisotopic (exact) mass is 255 g/mol. The van der Waals surface area contributed by atoms with Crippen LogP contribution in [-0.4, -0.2) is 10.8 Å². The average molecular weight is 255 g/mol. The number of hydrogen-bond acceptors (Lipinski definition) is 2. The van der Waals surface area contributed by atoms with Crippen LogP contribution in [0.2, 0.25) is 0 Å². The molecule has 0 saturated carbocycles. The first kappa shape index (κ1) is 12.0. The van der Waals surface area contributed by atoms with Gasteiger partial charge in [-0.15, -0.1) is 0 Å². The molecule has 2 nitrogen and oxygen atoms in total. The minimum absolute atomic E-state index is 0.163. The fourth-order valence-corrected chi connectivity index (χ4v) is 2.60. The molecule has 1 aliphatic carbocycles. The van der Waals surface area contributed by atoms with Crippen molar-refractivity contribution in [3.05, 3.63) is 64.2 Å². The fourth-order valence-electron chi connectivity index (χ4n) is 2.60. The third-order valence-electron chi connectivity index (χ3n) is 3.53. The molecule has 19 heavy (non-hydrogen) atoms. The standard InChI is InChI=1S/C16H14FNO/c1-10-7-12-4-2-3-11-5-6-13(17)8-14(11)16(19)15(12)18-9-10/h5-9H,2-4H2,1H3. The van der Waals surface area contributed by atoms with Crippen molar-refractivity contribution in [3.8, 4) is 0 Å². The van der Waals surface area contributed by atoms with Gasteiger partial charge in [0.15, 0.2) is 0 Å². The van der Waals surface area contributed by atoms with Crippen molar-refractivity contribution in [1.82, 2.24) is 4.98 Å². The molecule has 0 aliphatic heterocycles. The summed E-state index contributed by atoms with van der Waals surface area (Å²) in [6.45, 7) is 1.96. The maximum atomic E-state index is 13.4. The number of nitrogens with zero attached hydrogens (tertiary/aromatic N) is 1. The molecule has 2 aromatic rings. The second-order valence-corrected chi connectivity index (χ2v) is 5.00. The third-order valence-corrected chi connectivity index (χ3v) is 3.53. The predicted molar refractivity (Wildman–Crippen MR) is 70.8 cm³/mol. The van der Waals surface area contributed by atoms with Gasteiger partial charge >= 0.3 is 0 Å². The zero-order valence-electron chi connectivity index (χ0n) is 10.7. The summed E-state index contributed by atoms with van der Waals surface area (Å²) in [6.07, 6.45) is 4.28. The fraction of sp³-hybridized carbons (Fsp3) is 0.250. The number of fused-ring (bicyclic) bond motifs is 2. The lowest BCUT2D eigenvalue weighted by molar-refractivity contribution is 0.103. The van der Waals surface area contributed by atoms with Crippen LogP contribution in [0.1, 0.15) is 39.2 Å². The van der Waals surface area contributed by atoms with Gasteiger partial charge in [-0.2, -0.15) is 0 Å². The van der Waals surface area contributed by atoms with Gasteiger partial charge < -0.3 is 0 Å². The second kappa shape index (κ2) is 4.57. The Balaban J connectivity index is 2.18. The maximum absolute atomic E-state index is 13.4. The highest BCUT2D eigenvalue weighted by molar-refractivity contribution is 6.09. The van der Waals surface area contributed by atoms with E-state index >= 15 is 0 Å². The Bertz CT molecular complexity index is 664. The highest BCUT2D eigenvalue weighted by Gasteiger charge is 2.21. The Morgan fingerprint density at radius 3 is 2.79 bits per heavy atom. The summed E-state index contributed by atoms with van der Waals surface area (Å²) in [5, 5.41) is 0. The number of rotatable bonds is 0. The molecular weight excluding hydrogens is 241 g/mol. The van der Waals surface area contributed by atoms with Crippen molar-refractivity contribution in [2.75, 3.05) is 0 Å². The number of aromatic nitrogens is 1. The smallest absolute Gasteiger partial charge is 0.211 e. The predicted octanol–water partition coefficient (Wildman–Crippen LogP) is 3.25. The summed E-state index contributed by atoms with van der Waals surface area (Å²) in [7, 11) is 0. The Morgan fingerprint density at radius 2 is 1.95 bits per heavy atom. The molecular formula is C16H14FNO. The molecule has 0 radical (unpaired) electrons. The van der Waals surface area contributed by atoms with Gasteiger partial charge in [0, 0.05) is 11.8 Å². The number of carbonyl (C=O) groups excluding carboxylic acids is 1. The molecule has 1 aromatic carbocycles. The number of carbonyl (C=O) groups is 1. The Labute approximate surface area is 111 Å². The lowest BCUT2D eigenvalue weighted by Gasteiger charge is -2.15. The van der Waals surface area contributed by atoms with E-state index in [0.717, 1.165) is 36.0 Å². The maximum Gasteiger partial charge on any atom is 0.211 e. The van der Waals surface area contributed by atoms with Gasteiger partial charge in [0.2, 0.25) is 5.78 Å².